The summed E-state index contributed by atoms with van der Waals surface area (Å²) in [7, 11) is 0. The van der Waals surface area contributed by atoms with Crippen molar-refractivity contribution in [1.82, 2.24) is 0 Å². The summed E-state index contributed by atoms with van der Waals surface area (Å²) < 4.78 is 0. The fourth-order valence-corrected chi connectivity index (χ4v) is 3.70. The molecule has 0 aliphatic carbocycles. The van der Waals surface area contributed by atoms with E-state index in [9.17, 15) is 0 Å². The normalized spacial score (nSPS) is 16.1. The molecule has 0 bridgehead atoms. The molecule has 0 N–H and O–H groups in total. The average molecular weight is 332 g/mol. The second-order valence-corrected chi connectivity index (χ2v) is 6.40. The van der Waals surface area contributed by atoms with Crippen molar-refractivity contribution in [1.29, 1.82) is 0 Å². The van der Waals surface area contributed by atoms with E-state index in [1.165, 1.54) is 11.1 Å². The second kappa shape index (κ2) is 8.41. The molecule has 1 heterocycles. The van der Waals surface area contributed by atoms with E-state index in [0.717, 1.165) is 18.7 Å². The zero-order chi connectivity index (χ0) is 17.0. The van der Waals surface area contributed by atoms with Crippen LogP contribution in [0.25, 0.3) is 5.32 Å². The number of hydrogen-bond donors (Lipinski definition) is 0. The van der Waals surface area contributed by atoms with Crippen LogP contribution >= 0.6 is 0 Å². The number of rotatable bonds is 5. The van der Waals surface area contributed by atoms with Gasteiger partial charge in [0.25, 0.3) is 0 Å². The van der Waals surface area contributed by atoms with Crippen LogP contribution in [0.1, 0.15) is 17.5 Å². The largest absolute Gasteiger partial charge is 1.00 e. The Morgan fingerprint density at radius 2 is 1.23 bits per heavy atom. The van der Waals surface area contributed by atoms with Gasteiger partial charge < -0.3 is 5.32 Å². The van der Waals surface area contributed by atoms with Crippen LogP contribution in [0.4, 0.5) is 5.69 Å². The number of nitrogens with zero attached hydrogens (tertiary/aromatic N) is 2. The molecule has 0 spiro atoms. The molecule has 1 atom stereocenters. The number of benzene rings is 3. The molecule has 3 aromatic carbocycles. The van der Waals surface area contributed by atoms with Crippen LogP contribution in [0.5, 0.6) is 0 Å². The van der Waals surface area contributed by atoms with Crippen molar-refractivity contribution in [2.45, 2.75) is 12.0 Å². The molecule has 3 heteroatoms. The van der Waals surface area contributed by atoms with Gasteiger partial charge >= 0.3 is 18.9 Å². The van der Waals surface area contributed by atoms with Gasteiger partial charge in [-0.15, -0.1) is 5.69 Å². The average Bonchev–Trinajstić information content (AvgIpc) is 3.23. The molecule has 1 aliphatic heterocycles. The Kier molecular flexibility index (Phi) is 5.99. The third kappa shape index (κ3) is 3.49. The minimum atomic E-state index is -0.454. The maximum Gasteiger partial charge on any atom is 1.00 e. The Hall–Kier alpha value is -2.27. The molecule has 2 nitrogen and oxygen atoms in total. The van der Waals surface area contributed by atoms with Crippen molar-refractivity contribution in [3.63, 3.8) is 0 Å². The zero-order valence-electron chi connectivity index (χ0n) is 15.1. The fourth-order valence-electron chi connectivity index (χ4n) is 3.70. The molecule has 4 rings (SSSR count). The molecular formula is C23H21LiN2. The summed E-state index contributed by atoms with van der Waals surface area (Å²) >= 11 is 0. The molecule has 0 saturated heterocycles. The zero-order valence-corrected chi connectivity index (χ0v) is 15.1. The first-order valence-corrected chi connectivity index (χ1v) is 8.78. The van der Waals surface area contributed by atoms with Crippen LogP contribution in [-0.4, -0.2) is 12.8 Å². The molecule has 0 saturated carbocycles. The number of hydrogen-bond acceptors (Lipinski definition) is 1. The van der Waals surface area contributed by atoms with E-state index in [2.05, 4.69) is 84.0 Å². The molecule has 0 radical (unpaired) electrons. The summed E-state index contributed by atoms with van der Waals surface area (Å²) in [5.74, 6) is 0.248. The molecule has 0 fully saturated rings. The van der Waals surface area contributed by atoms with Gasteiger partial charge in [-0.2, -0.15) is 0 Å². The van der Waals surface area contributed by atoms with Gasteiger partial charge in [0.15, 0.2) is 0 Å². The van der Waals surface area contributed by atoms with Gasteiger partial charge in [0, 0.05) is 12.8 Å². The van der Waals surface area contributed by atoms with Crippen molar-refractivity contribution in [2.24, 2.45) is 10.9 Å². The summed E-state index contributed by atoms with van der Waals surface area (Å²) in [5, 5.41) is 5.32. The second-order valence-electron chi connectivity index (χ2n) is 6.40. The molecule has 0 amide bonds. The van der Waals surface area contributed by atoms with Crippen molar-refractivity contribution >= 4 is 11.9 Å². The van der Waals surface area contributed by atoms with Crippen LogP contribution in [0.3, 0.4) is 0 Å². The number of aliphatic imine (C=N–C) groups is 1. The van der Waals surface area contributed by atoms with Crippen molar-refractivity contribution in [3.05, 3.63) is 107 Å². The fraction of sp³-hybridized carbons (Fsp3) is 0.174. The standard InChI is InChI=1S/C23H21N2.Li/c1-4-10-19(11-5-1)23(21-16-17-24-18-21,20-12-6-2-7-13-20)25-22-14-8-3-9-15-22;/h1-15,18,21H,16-17H2;/q-1;+1. The van der Waals surface area contributed by atoms with Gasteiger partial charge in [0.05, 0.1) is 0 Å². The van der Waals surface area contributed by atoms with Gasteiger partial charge in [-0.1, -0.05) is 102 Å². The van der Waals surface area contributed by atoms with Crippen LogP contribution in [-0.2, 0) is 5.54 Å². The smallest absolute Gasteiger partial charge is 0.671 e. The SMILES string of the molecule is C1=NCCC1C([N-]c1ccccc1)(c1ccccc1)c1ccccc1.[Li+]. The first-order valence-electron chi connectivity index (χ1n) is 8.78. The van der Waals surface area contributed by atoms with E-state index in [0.29, 0.717) is 0 Å². The van der Waals surface area contributed by atoms with E-state index in [1.807, 2.05) is 18.2 Å². The van der Waals surface area contributed by atoms with Crippen molar-refractivity contribution in [2.75, 3.05) is 6.54 Å². The molecule has 124 valence electrons. The van der Waals surface area contributed by atoms with E-state index in [4.69, 9.17) is 5.32 Å². The van der Waals surface area contributed by atoms with Gasteiger partial charge in [-0.3, -0.25) is 4.99 Å². The third-order valence-electron chi connectivity index (χ3n) is 4.88. The minimum Gasteiger partial charge on any atom is -0.671 e. The Labute approximate surface area is 167 Å². The summed E-state index contributed by atoms with van der Waals surface area (Å²) in [4.78, 5) is 4.54. The van der Waals surface area contributed by atoms with Gasteiger partial charge in [0.1, 0.15) is 0 Å². The van der Waals surface area contributed by atoms with Crippen LogP contribution in [0.15, 0.2) is 96.0 Å². The van der Waals surface area contributed by atoms with E-state index >= 15 is 0 Å². The maximum absolute atomic E-state index is 5.32. The minimum absolute atomic E-state index is 0. The Bertz CT molecular complexity index is 792. The molecule has 1 unspecified atom stereocenters. The predicted molar refractivity (Wildman–Crippen MR) is 105 cm³/mol. The van der Waals surface area contributed by atoms with E-state index < -0.39 is 5.54 Å². The van der Waals surface area contributed by atoms with Crippen LogP contribution in [0.2, 0.25) is 0 Å². The Morgan fingerprint density at radius 1 is 0.731 bits per heavy atom. The van der Waals surface area contributed by atoms with Gasteiger partial charge in [-0.05, 0) is 17.9 Å². The van der Waals surface area contributed by atoms with Gasteiger partial charge in [0.2, 0.25) is 0 Å². The predicted octanol–water partition coefficient (Wildman–Crippen LogP) is 2.73. The van der Waals surface area contributed by atoms with Crippen LogP contribution in [0, 0.1) is 5.92 Å². The molecular weight excluding hydrogens is 311 g/mol. The Morgan fingerprint density at radius 3 is 1.69 bits per heavy atom. The first-order chi connectivity index (χ1) is 12.4. The van der Waals surface area contributed by atoms with E-state index in [1.54, 1.807) is 0 Å². The van der Waals surface area contributed by atoms with E-state index in [-0.39, 0.29) is 24.8 Å². The topological polar surface area (TPSA) is 26.5 Å². The molecule has 26 heavy (non-hydrogen) atoms. The summed E-state index contributed by atoms with van der Waals surface area (Å²) in [6.07, 6.45) is 3.12. The monoisotopic (exact) mass is 332 g/mol. The van der Waals surface area contributed by atoms with Crippen LogP contribution < -0.4 is 18.9 Å². The summed E-state index contributed by atoms with van der Waals surface area (Å²) in [5.41, 5.74) is 2.96. The van der Waals surface area contributed by atoms with Crippen molar-refractivity contribution in [3.8, 4) is 0 Å². The Balaban J connectivity index is 0.00000196. The quantitative estimate of drug-likeness (QED) is 0.643. The maximum atomic E-state index is 5.32. The first kappa shape index (κ1) is 18.5. The summed E-state index contributed by atoms with van der Waals surface area (Å²) in [6, 6.07) is 31.5. The number of para-hydroxylation sites is 1. The molecule has 0 aromatic heterocycles. The third-order valence-corrected chi connectivity index (χ3v) is 4.88. The van der Waals surface area contributed by atoms with Gasteiger partial charge in [-0.25, -0.2) is 0 Å². The molecule has 1 aliphatic rings. The molecule has 3 aromatic rings. The van der Waals surface area contributed by atoms with Crippen molar-refractivity contribution < 1.29 is 18.9 Å². The summed E-state index contributed by atoms with van der Waals surface area (Å²) in [6.45, 7) is 0.871.